The van der Waals surface area contributed by atoms with Gasteiger partial charge in [0.2, 0.25) is 5.28 Å². The topological polar surface area (TPSA) is 29.0 Å². The number of hydrogen-bond donors (Lipinski definition) is 0. The minimum Gasteiger partial charge on any atom is -0.354 e. The summed E-state index contributed by atoms with van der Waals surface area (Å²) in [5, 5.41) is 0.0952. The fourth-order valence-corrected chi connectivity index (χ4v) is 2.98. The molecule has 1 aliphatic rings. The molecule has 1 fully saturated rings. The lowest BCUT2D eigenvalue weighted by Crippen LogP contribution is -2.35. The molecule has 0 spiro atoms. The van der Waals surface area contributed by atoms with Crippen LogP contribution in [0.25, 0.3) is 0 Å². The van der Waals surface area contributed by atoms with E-state index in [1.165, 1.54) is 5.56 Å². The van der Waals surface area contributed by atoms with Gasteiger partial charge < -0.3 is 4.90 Å². The molecule has 0 radical (unpaired) electrons. The zero-order chi connectivity index (χ0) is 14.7. The average molecular weight is 306 g/mol. The monoisotopic (exact) mass is 305 g/mol. The molecule has 5 heteroatoms. The molecule has 1 saturated heterocycles. The highest BCUT2D eigenvalue weighted by Gasteiger charge is 2.22. The van der Waals surface area contributed by atoms with E-state index >= 15 is 0 Å². The molecule has 3 rings (SSSR count). The lowest BCUT2D eigenvalue weighted by atomic mass is 9.90. The Balaban J connectivity index is 1.61. The third-order valence-electron chi connectivity index (χ3n) is 3.98. The van der Waals surface area contributed by atoms with E-state index in [9.17, 15) is 4.39 Å². The van der Waals surface area contributed by atoms with Crippen LogP contribution in [0, 0.1) is 11.7 Å². The number of piperidine rings is 1. The van der Waals surface area contributed by atoms with Gasteiger partial charge in [-0.15, -0.1) is 0 Å². The molecule has 0 atom stereocenters. The van der Waals surface area contributed by atoms with Gasteiger partial charge in [-0.2, -0.15) is 4.98 Å². The number of hydrogen-bond acceptors (Lipinski definition) is 3. The molecule has 1 aromatic heterocycles. The quantitative estimate of drug-likeness (QED) is 0.809. The largest absolute Gasteiger partial charge is 0.354 e. The van der Waals surface area contributed by atoms with Crippen molar-refractivity contribution in [2.75, 3.05) is 18.0 Å². The Morgan fingerprint density at radius 2 is 1.90 bits per heavy atom. The Labute approximate surface area is 128 Å². The third kappa shape index (κ3) is 3.50. The van der Waals surface area contributed by atoms with Crippen molar-refractivity contribution in [3.8, 4) is 0 Å². The van der Waals surface area contributed by atoms with Gasteiger partial charge >= 0.3 is 0 Å². The van der Waals surface area contributed by atoms with Crippen LogP contribution >= 0.6 is 11.6 Å². The lowest BCUT2D eigenvalue weighted by molar-refractivity contribution is 0.399. The highest BCUT2D eigenvalue weighted by atomic mass is 35.5. The number of nitrogens with zero attached hydrogens (tertiary/aromatic N) is 3. The van der Waals surface area contributed by atoms with Crippen molar-refractivity contribution in [2.45, 2.75) is 19.3 Å². The summed E-state index contributed by atoms with van der Waals surface area (Å²) < 4.78 is 13.8. The Morgan fingerprint density at radius 3 is 2.62 bits per heavy atom. The van der Waals surface area contributed by atoms with Crippen LogP contribution in [-0.4, -0.2) is 23.1 Å². The molecule has 0 saturated carbocycles. The zero-order valence-corrected chi connectivity index (χ0v) is 12.4. The summed E-state index contributed by atoms with van der Waals surface area (Å²) in [4.78, 5) is 9.63. The SMILES string of the molecule is Fc1cnc(Cl)nc1N1CCC(Cc2ccccc2)CC1. The van der Waals surface area contributed by atoms with Crippen LogP contribution in [0.15, 0.2) is 36.5 Å². The van der Waals surface area contributed by atoms with Crippen LogP contribution in [0.4, 0.5) is 10.2 Å². The van der Waals surface area contributed by atoms with E-state index in [0.29, 0.717) is 11.7 Å². The molecule has 1 aromatic carbocycles. The smallest absolute Gasteiger partial charge is 0.224 e. The van der Waals surface area contributed by atoms with Crippen molar-refractivity contribution in [2.24, 2.45) is 5.92 Å². The van der Waals surface area contributed by atoms with Crippen LogP contribution in [0.5, 0.6) is 0 Å². The van der Waals surface area contributed by atoms with E-state index in [-0.39, 0.29) is 5.28 Å². The van der Waals surface area contributed by atoms with E-state index in [0.717, 1.165) is 38.5 Å². The predicted molar refractivity (Wildman–Crippen MR) is 82.1 cm³/mol. The van der Waals surface area contributed by atoms with E-state index < -0.39 is 5.82 Å². The molecule has 0 amide bonds. The molecular weight excluding hydrogens is 289 g/mol. The van der Waals surface area contributed by atoms with Crippen LogP contribution in [-0.2, 0) is 6.42 Å². The number of aromatic nitrogens is 2. The Bertz CT molecular complexity index is 598. The van der Waals surface area contributed by atoms with Crippen molar-refractivity contribution >= 4 is 17.4 Å². The Morgan fingerprint density at radius 1 is 1.19 bits per heavy atom. The maximum Gasteiger partial charge on any atom is 0.224 e. The van der Waals surface area contributed by atoms with Gasteiger partial charge in [0, 0.05) is 13.1 Å². The molecule has 110 valence electrons. The lowest BCUT2D eigenvalue weighted by Gasteiger charge is -2.33. The van der Waals surface area contributed by atoms with Crippen molar-refractivity contribution in [1.82, 2.24) is 9.97 Å². The van der Waals surface area contributed by atoms with Gasteiger partial charge in [0.25, 0.3) is 0 Å². The summed E-state index contributed by atoms with van der Waals surface area (Å²) in [5.41, 5.74) is 1.37. The third-order valence-corrected chi connectivity index (χ3v) is 4.16. The Hall–Kier alpha value is -1.68. The first-order valence-corrected chi connectivity index (χ1v) is 7.57. The van der Waals surface area contributed by atoms with Crippen molar-refractivity contribution < 1.29 is 4.39 Å². The maximum absolute atomic E-state index is 13.8. The van der Waals surface area contributed by atoms with E-state index in [4.69, 9.17) is 11.6 Å². The first-order valence-electron chi connectivity index (χ1n) is 7.19. The van der Waals surface area contributed by atoms with E-state index in [1.54, 1.807) is 0 Å². The Kier molecular flexibility index (Phi) is 4.34. The average Bonchev–Trinajstić information content (AvgIpc) is 2.52. The summed E-state index contributed by atoms with van der Waals surface area (Å²) in [6, 6.07) is 10.5. The molecule has 0 N–H and O–H groups in total. The van der Waals surface area contributed by atoms with Crippen LogP contribution in [0.2, 0.25) is 5.28 Å². The molecule has 1 aliphatic heterocycles. The van der Waals surface area contributed by atoms with Crippen LogP contribution < -0.4 is 4.90 Å². The molecule has 21 heavy (non-hydrogen) atoms. The van der Waals surface area contributed by atoms with Crippen LogP contribution in [0.3, 0.4) is 0 Å². The summed E-state index contributed by atoms with van der Waals surface area (Å²) in [6.45, 7) is 1.61. The number of anilines is 1. The highest BCUT2D eigenvalue weighted by molar-refractivity contribution is 6.28. The van der Waals surface area contributed by atoms with Crippen LogP contribution in [0.1, 0.15) is 18.4 Å². The molecule has 0 aliphatic carbocycles. The number of rotatable bonds is 3. The number of benzene rings is 1. The van der Waals surface area contributed by atoms with Gasteiger partial charge in [-0.3, -0.25) is 0 Å². The van der Waals surface area contributed by atoms with Gasteiger partial charge in [-0.05, 0) is 42.3 Å². The number of halogens is 2. The van der Waals surface area contributed by atoms with Gasteiger partial charge in [-0.25, -0.2) is 9.37 Å². The molecular formula is C16H17ClFN3. The van der Waals surface area contributed by atoms with Gasteiger partial charge in [-0.1, -0.05) is 30.3 Å². The van der Waals surface area contributed by atoms with E-state index in [2.05, 4.69) is 34.2 Å². The van der Waals surface area contributed by atoms with Crippen molar-refractivity contribution in [1.29, 1.82) is 0 Å². The summed E-state index contributed by atoms with van der Waals surface area (Å²) in [6.07, 6.45) is 4.30. The fourth-order valence-electron chi connectivity index (χ4n) is 2.86. The van der Waals surface area contributed by atoms with Gasteiger partial charge in [0.1, 0.15) is 0 Å². The second-order valence-electron chi connectivity index (χ2n) is 5.43. The normalized spacial score (nSPS) is 16.2. The first-order chi connectivity index (χ1) is 10.2. The molecule has 2 aromatic rings. The molecule has 2 heterocycles. The summed E-state index contributed by atoms with van der Waals surface area (Å²) in [5.74, 6) is 0.568. The minimum absolute atomic E-state index is 0.0952. The van der Waals surface area contributed by atoms with E-state index in [1.807, 2.05) is 11.0 Å². The van der Waals surface area contributed by atoms with Crippen molar-refractivity contribution in [3.05, 3.63) is 53.2 Å². The fraction of sp³-hybridized carbons (Fsp3) is 0.375. The summed E-state index contributed by atoms with van der Waals surface area (Å²) in [7, 11) is 0. The second-order valence-corrected chi connectivity index (χ2v) is 5.77. The van der Waals surface area contributed by atoms with Gasteiger partial charge in [0.05, 0.1) is 6.20 Å². The highest BCUT2D eigenvalue weighted by Crippen LogP contribution is 2.26. The molecule has 0 unspecified atom stereocenters. The zero-order valence-electron chi connectivity index (χ0n) is 11.7. The molecule has 0 bridgehead atoms. The summed E-state index contributed by atoms with van der Waals surface area (Å²) >= 11 is 5.76. The second kappa shape index (κ2) is 6.39. The minimum atomic E-state index is -0.402. The standard InChI is InChI=1S/C16H17ClFN3/c17-16-19-11-14(18)15(20-16)21-8-6-13(7-9-21)10-12-4-2-1-3-5-12/h1-5,11,13H,6-10H2. The van der Waals surface area contributed by atoms with Crippen molar-refractivity contribution in [3.63, 3.8) is 0 Å². The predicted octanol–water partition coefficient (Wildman–Crippen LogP) is 3.73. The first kappa shape index (κ1) is 14.3. The van der Waals surface area contributed by atoms with Gasteiger partial charge in [0.15, 0.2) is 11.6 Å². The molecule has 3 nitrogen and oxygen atoms in total. The maximum atomic E-state index is 13.8.